The molecular formula is C13H22O2. The number of unbranched alkanes of at least 4 members (excludes halogenated alkanes) is 3. The van der Waals surface area contributed by atoms with Gasteiger partial charge in [-0.3, -0.25) is 0 Å². The molecule has 0 atom stereocenters. The summed E-state index contributed by atoms with van der Waals surface area (Å²) in [5, 5.41) is 0. The van der Waals surface area contributed by atoms with Crippen LogP contribution in [0.3, 0.4) is 0 Å². The Morgan fingerprint density at radius 2 is 2.20 bits per heavy atom. The molecule has 0 N–H and O–H groups in total. The largest absolute Gasteiger partial charge is 0.462 e. The van der Waals surface area contributed by atoms with E-state index in [1.165, 1.54) is 25.7 Å². The van der Waals surface area contributed by atoms with E-state index in [9.17, 15) is 4.79 Å². The summed E-state index contributed by atoms with van der Waals surface area (Å²) in [5.41, 5.74) is 0.900. The van der Waals surface area contributed by atoms with E-state index in [4.69, 9.17) is 4.74 Å². The Bertz CT molecular complexity index is 219. The van der Waals surface area contributed by atoms with E-state index in [2.05, 4.69) is 6.92 Å². The molecule has 0 aliphatic heterocycles. The molecule has 0 fully saturated rings. The molecule has 0 heterocycles. The number of hydrogen-bond donors (Lipinski definition) is 0. The van der Waals surface area contributed by atoms with Gasteiger partial charge < -0.3 is 4.74 Å². The molecule has 0 radical (unpaired) electrons. The molecule has 15 heavy (non-hydrogen) atoms. The quantitative estimate of drug-likeness (QED) is 0.494. The molecule has 0 unspecified atom stereocenters. The van der Waals surface area contributed by atoms with Gasteiger partial charge >= 0.3 is 5.97 Å². The van der Waals surface area contributed by atoms with Crippen molar-refractivity contribution in [2.75, 3.05) is 6.61 Å². The molecular weight excluding hydrogens is 188 g/mol. The first-order chi connectivity index (χ1) is 7.34. The lowest BCUT2D eigenvalue weighted by Crippen LogP contribution is -2.10. The summed E-state index contributed by atoms with van der Waals surface area (Å²) in [4.78, 5) is 11.5. The van der Waals surface area contributed by atoms with Gasteiger partial charge in [-0.25, -0.2) is 4.79 Å². The number of allylic oxidation sites excluding steroid dienone is 1. The zero-order valence-corrected chi connectivity index (χ0v) is 9.76. The summed E-state index contributed by atoms with van der Waals surface area (Å²) in [6, 6.07) is 0. The third kappa shape index (κ3) is 5.01. The monoisotopic (exact) mass is 210 g/mol. The Kier molecular flexibility index (Phi) is 6.14. The van der Waals surface area contributed by atoms with Gasteiger partial charge in [-0.05, 0) is 32.1 Å². The van der Waals surface area contributed by atoms with Gasteiger partial charge in [-0.15, -0.1) is 0 Å². The zero-order chi connectivity index (χ0) is 10.9. The normalized spacial score (nSPS) is 15.9. The average molecular weight is 210 g/mol. The predicted octanol–water partition coefficient (Wildman–Crippen LogP) is 3.61. The molecule has 0 aromatic heterocycles. The maximum absolute atomic E-state index is 11.5. The lowest BCUT2D eigenvalue weighted by molar-refractivity contribution is -0.139. The van der Waals surface area contributed by atoms with Crippen LogP contribution < -0.4 is 0 Å². The average Bonchev–Trinajstić information content (AvgIpc) is 2.30. The first kappa shape index (κ1) is 12.3. The number of esters is 1. The minimum atomic E-state index is -0.0776. The van der Waals surface area contributed by atoms with Crippen molar-refractivity contribution in [1.82, 2.24) is 0 Å². The van der Waals surface area contributed by atoms with E-state index >= 15 is 0 Å². The van der Waals surface area contributed by atoms with Crippen molar-refractivity contribution in [2.45, 2.75) is 58.3 Å². The second-order valence-corrected chi connectivity index (χ2v) is 4.17. The van der Waals surface area contributed by atoms with Gasteiger partial charge in [0.15, 0.2) is 0 Å². The van der Waals surface area contributed by atoms with Crippen LogP contribution in [-0.2, 0) is 9.53 Å². The van der Waals surface area contributed by atoms with E-state index in [1.54, 1.807) is 0 Å². The molecule has 0 saturated carbocycles. The Morgan fingerprint density at radius 3 is 2.87 bits per heavy atom. The van der Waals surface area contributed by atoms with Gasteiger partial charge in [0.2, 0.25) is 0 Å². The summed E-state index contributed by atoms with van der Waals surface area (Å²) in [6.07, 6.45) is 11.0. The molecule has 86 valence electrons. The molecule has 2 heteroatoms. The van der Waals surface area contributed by atoms with Crippen LogP contribution in [0.25, 0.3) is 0 Å². The molecule has 2 nitrogen and oxygen atoms in total. The third-order valence-corrected chi connectivity index (χ3v) is 2.78. The van der Waals surface area contributed by atoms with Crippen molar-refractivity contribution < 1.29 is 9.53 Å². The smallest absolute Gasteiger partial charge is 0.333 e. The fourth-order valence-corrected chi connectivity index (χ4v) is 1.81. The van der Waals surface area contributed by atoms with Crippen LogP contribution in [0.4, 0.5) is 0 Å². The summed E-state index contributed by atoms with van der Waals surface area (Å²) in [6.45, 7) is 2.77. The Hall–Kier alpha value is -0.790. The predicted molar refractivity (Wildman–Crippen MR) is 61.7 cm³/mol. The van der Waals surface area contributed by atoms with Gasteiger partial charge in [0.25, 0.3) is 0 Å². The Labute approximate surface area is 92.7 Å². The molecule has 0 saturated heterocycles. The van der Waals surface area contributed by atoms with Gasteiger partial charge in [0, 0.05) is 5.57 Å². The van der Waals surface area contributed by atoms with Crippen LogP contribution in [0.5, 0.6) is 0 Å². The summed E-state index contributed by atoms with van der Waals surface area (Å²) in [5.74, 6) is -0.0776. The number of rotatable bonds is 6. The van der Waals surface area contributed by atoms with E-state index in [0.717, 1.165) is 31.3 Å². The van der Waals surface area contributed by atoms with E-state index in [-0.39, 0.29) is 5.97 Å². The van der Waals surface area contributed by atoms with E-state index < -0.39 is 0 Å². The second-order valence-electron chi connectivity index (χ2n) is 4.17. The lowest BCUT2D eigenvalue weighted by atomic mass is 10.00. The topological polar surface area (TPSA) is 26.3 Å². The zero-order valence-electron chi connectivity index (χ0n) is 9.76. The van der Waals surface area contributed by atoms with Crippen LogP contribution >= 0.6 is 0 Å². The van der Waals surface area contributed by atoms with Gasteiger partial charge in [0.05, 0.1) is 6.61 Å². The molecule has 0 aromatic rings. The van der Waals surface area contributed by atoms with Gasteiger partial charge in [-0.1, -0.05) is 32.3 Å². The lowest BCUT2D eigenvalue weighted by Gasteiger charge is -2.11. The first-order valence-corrected chi connectivity index (χ1v) is 6.20. The molecule has 1 rings (SSSR count). The van der Waals surface area contributed by atoms with Crippen LogP contribution in [0.15, 0.2) is 11.6 Å². The molecule has 0 bridgehead atoms. The number of ether oxygens (including phenoxy) is 1. The van der Waals surface area contributed by atoms with Crippen molar-refractivity contribution >= 4 is 5.97 Å². The highest BCUT2D eigenvalue weighted by Crippen LogP contribution is 2.18. The fraction of sp³-hybridized carbons (Fsp3) is 0.769. The highest BCUT2D eigenvalue weighted by Gasteiger charge is 2.12. The molecule has 1 aliphatic carbocycles. The SMILES string of the molecule is CCCCCCOC(=O)C1=CCCCC1. The van der Waals surface area contributed by atoms with Crippen LogP contribution in [-0.4, -0.2) is 12.6 Å². The standard InChI is InChI=1S/C13H22O2/c1-2-3-4-8-11-15-13(14)12-9-6-5-7-10-12/h9H,2-8,10-11H2,1H3. The minimum absolute atomic E-state index is 0.0776. The molecule has 0 aromatic carbocycles. The maximum Gasteiger partial charge on any atom is 0.333 e. The summed E-state index contributed by atoms with van der Waals surface area (Å²) in [7, 11) is 0. The highest BCUT2D eigenvalue weighted by molar-refractivity contribution is 5.88. The van der Waals surface area contributed by atoms with Crippen molar-refractivity contribution in [3.05, 3.63) is 11.6 Å². The number of carbonyl (C=O) groups is 1. The third-order valence-electron chi connectivity index (χ3n) is 2.78. The minimum Gasteiger partial charge on any atom is -0.462 e. The van der Waals surface area contributed by atoms with Gasteiger partial charge in [0.1, 0.15) is 0 Å². The van der Waals surface area contributed by atoms with Crippen LogP contribution in [0.2, 0.25) is 0 Å². The second kappa shape index (κ2) is 7.49. The van der Waals surface area contributed by atoms with E-state index in [0.29, 0.717) is 6.61 Å². The highest BCUT2D eigenvalue weighted by atomic mass is 16.5. The molecule has 0 amide bonds. The van der Waals surface area contributed by atoms with Crippen molar-refractivity contribution in [1.29, 1.82) is 0 Å². The van der Waals surface area contributed by atoms with Crippen LogP contribution in [0.1, 0.15) is 58.3 Å². The van der Waals surface area contributed by atoms with Crippen molar-refractivity contribution in [3.63, 3.8) is 0 Å². The first-order valence-electron chi connectivity index (χ1n) is 6.20. The van der Waals surface area contributed by atoms with Crippen molar-refractivity contribution in [2.24, 2.45) is 0 Å². The fourth-order valence-electron chi connectivity index (χ4n) is 1.81. The number of carbonyl (C=O) groups excluding carboxylic acids is 1. The molecule has 0 spiro atoms. The maximum atomic E-state index is 11.5. The Balaban J connectivity index is 2.10. The van der Waals surface area contributed by atoms with Gasteiger partial charge in [-0.2, -0.15) is 0 Å². The number of hydrogen-bond acceptors (Lipinski definition) is 2. The van der Waals surface area contributed by atoms with Crippen molar-refractivity contribution in [3.8, 4) is 0 Å². The van der Waals surface area contributed by atoms with Crippen LogP contribution in [0, 0.1) is 0 Å². The molecule has 1 aliphatic rings. The summed E-state index contributed by atoms with van der Waals surface area (Å²) < 4.78 is 5.22. The Morgan fingerprint density at radius 1 is 1.33 bits per heavy atom. The van der Waals surface area contributed by atoms with E-state index in [1.807, 2.05) is 6.08 Å². The summed E-state index contributed by atoms with van der Waals surface area (Å²) >= 11 is 0.